The predicted octanol–water partition coefficient (Wildman–Crippen LogP) is 20.9. The summed E-state index contributed by atoms with van der Waals surface area (Å²) in [5, 5.41) is 28.6. The molecular weight excluding hydrogens is 1990 g/mol. The van der Waals surface area contributed by atoms with Gasteiger partial charge in [-0.1, -0.05) is 177 Å². The third-order valence-electron chi connectivity index (χ3n) is 24.1. The standard InChI is InChI=1S/C32H28Cl4FN7O2.2C32H28Cl3F2N7O2/c1-6-20(45)43-10-9-42(13-16(43)5)30-17-11-19(33)28(21-22(34)25(37)24(36)26(39)23(21)35)41-31(17)44(32(46)18(30)12-38)29-15(4)7-8-40-27(29)14(2)3;2*1-6-20(45)43-10-9-42(13-16(43)5)30-17-11-19(33)28(21-22(34)26(39)23(35)25(37)24(21)36)41-31(17)44(32(46)18(30)12-38)29-15(4)7-8-40-27(29)14(2)3/h3*6-8,11,14,16H,1,9-10,13,39H2,2-5H3/t3*16-/m111/s1. The van der Waals surface area contributed by atoms with Crippen LogP contribution in [0.2, 0.25) is 50.2 Å². The van der Waals surface area contributed by atoms with Gasteiger partial charge in [0.1, 0.15) is 66.9 Å². The first-order valence-corrected chi connectivity index (χ1v) is 46.4. The van der Waals surface area contributed by atoms with Gasteiger partial charge in [0.15, 0.2) is 29.1 Å². The van der Waals surface area contributed by atoms with E-state index in [1.807, 2.05) is 83.9 Å². The molecule has 714 valence electrons. The van der Waals surface area contributed by atoms with E-state index in [-0.39, 0.29) is 197 Å². The Kier molecular flexibility index (Phi) is 30.6. The van der Waals surface area contributed by atoms with Crippen LogP contribution >= 0.6 is 116 Å². The van der Waals surface area contributed by atoms with Crippen molar-refractivity contribution in [1.82, 2.24) is 58.3 Å². The number of amides is 3. The maximum absolute atomic E-state index is 15.5. The Morgan fingerprint density at radius 1 is 0.399 bits per heavy atom. The highest BCUT2D eigenvalue weighted by Crippen LogP contribution is 2.51. The fourth-order valence-electron chi connectivity index (χ4n) is 17.5. The quantitative estimate of drug-likeness (QED) is 0.0282. The Hall–Kier alpha value is -12.4. The Morgan fingerprint density at radius 2 is 0.652 bits per heavy atom. The molecule has 12 heterocycles. The van der Waals surface area contributed by atoms with E-state index >= 15 is 13.2 Å². The molecule has 42 heteroatoms. The SMILES string of the molecule is C=CC(=O)N1CCN(c2c(C#N)c(=O)n(-c3c(C)ccnc3C(C)C)c3nc(-c4c(Cl)c(N)c(Cl)c(F)c4Cl)c(Cl)cc23)C[C@H]1C.C=CC(=O)N1CCN(c2c(C#N)c(=O)n(-c3c(C)ccnc3C(C)C)c3nc(-c4c(F)c(F)c(Cl)c(N)c4Cl)c(Cl)cc23)C[C@H]1C.C=CC(=O)N1CCN(c2c(C#N)c(=O)n(-c3c(C)ccnc3C(C)C)c3nc(-c4c(F)c(F)c(Cl)c(N)c4Cl)c(Cl)cc23)C[C@H]1C. The molecule has 3 amide bonds. The van der Waals surface area contributed by atoms with Crippen LogP contribution in [0.25, 0.3) is 83.9 Å². The molecule has 15 rings (SSSR count). The van der Waals surface area contributed by atoms with Crippen molar-refractivity contribution in [1.29, 1.82) is 15.8 Å². The second-order valence-corrected chi connectivity index (χ2v) is 37.6. The van der Waals surface area contributed by atoms with E-state index in [9.17, 15) is 53.3 Å². The number of benzene rings is 3. The molecule has 0 aliphatic carbocycles. The Labute approximate surface area is 837 Å². The fourth-order valence-corrected chi connectivity index (χ4v) is 20.1. The Morgan fingerprint density at radius 3 is 0.899 bits per heavy atom. The average molecular weight is 2080 g/mol. The smallest absolute Gasteiger partial charge is 0.276 e. The molecule has 3 aliphatic heterocycles. The number of fused-ring (bicyclic) bond motifs is 3. The number of nitriles is 3. The topological polar surface area (TPSA) is 363 Å². The lowest BCUT2D eigenvalue weighted by Crippen LogP contribution is -2.54. The monoisotopic (exact) mass is 2070 g/mol. The molecule has 27 nitrogen and oxygen atoms in total. The lowest BCUT2D eigenvalue weighted by atomic mass is 10.0. The maximum atomic E-state index is 15.5. The lowest BCUT2D eigenvalue weighted by Gasteiger charge is -2.41. The third-order valence-corrected chi connectivity index (χ3v) is 27.7. The number of hydrogen-bond acceptors (Lipinski definition) is 21. The largest absolute Gasteiger partial charge is 0.396 e. The van der Waals surface area contributed by atoms with Crippen molar-refractivity contribution < 1.29 is 36.3 Å². The number of aryl methyl sites for hydroxylation is 3. The van der Waals surface area contributed by atoms with Gasteiger partial charge in [-0.3, -0.25) is 57.4 Å². The van der Waals surface area contributed by atoms with Gasteiger partial charge in [-0.2, -0.15) is 15.8 Å². The number of hydrogen-bond donors (Lipinski definition) is 3. The minimum atomic E-state index is -1.44. The normalized spacial score (nSPS) is 15.0. The number of carbonyl (C=O) groups is 3. The van der Waals surface area contributed by atoms with E-state index < -0.39 is 98.4 Å². The number of halogens is 15. The summed E-state index contributed by atoms with van der Waals surface area (Å²) in [7, 11) is 0. The van der Waals surface area contributed by atoms with E-state index in [0.29, 0.717) is 81.5 Å². The summed E-state index contributed by atoms with van der Waals surface area (Å²) in [6, 6.07) is 14.9. The number of aromatic nitrogens is 9. The molecule has 0 unspecified atom stereocenters. The molecule has 3 aromatic carbocycles. The molecule has 0 spiro atoms. The van der Waals surface area contributed by atoms with Crippen molar-refractivity contribution in [2.75, 3.05) is 90.8 Å². The van der Waals surface area contributed by atoms with Gasteiger partial charge >= 0.3 is 0 Å². The first kappa shape index (κ1) is 103. The van der Waals surface area contributed by atoms with E-state index in [1.54, 1.807) is 65.3 Å². The highest BCUT2D eigenvalue weighted by atomic mass is 35.5. The van der Waals surface area contributed by atoms with Crippen LogP contribution in [0.1, 0.15) is 131 Å². The zero-order valence-corrected chi connectivity index (χ0v) is 83.3. The summed E-state index contributed by atoms with van der Waals surface area (Å²) in [5.74, 6) is -7.94. The molecule has 3 aliphatic rings. The fraction of sp³-hybridized carbons (Fsp3) is 0.281. The van der Waals surface area contributed by atoms with Crippen LogP contribution in [0.5, 0.6) is 0 Å². The average Bonchev–Trinajstić information content (AvgIpc) is 0.726. The molecule has 6 N–H and O–H groups in total. The van der Waals surface area contributed by atoms with E-state index in [2.05, 4.69) is 62.9 Å². The second-order valence-electron chi connectivity index (χ2n) is 33.8. The number of pyridine rings is 9. The number of nitrogens with zero attached hydrogens (tertiary/aromatic N) is 18. The molecule has 3 saturated heterocycles. The molecular formula is C96H84Cl10F5N21O6. The minimum Gasteiger partial charge on any atom is -0.396 e. The van der Waals surface area contributed by atoms with Gasteiger partial charge in [0.05, 0.1) is 132 Å². The first-order valence-electron chi connectivity index (χ1n) is 42.6. The molecule has 0 saturated carbocycles. The molecule has 0 bridgehead atoms. The van der Waals surface area contributed by atoms with E-state index in [4.69, 9.17) is 138 Å². The van der Waals surface area contributed by atoms with Gasteiger partial charge in [-0.25, -0.2) is 36.9 Å². The van der Waals surface area contributed by atoms with Crippen molar-refractivity contribution >= 4 is 201 Å². The number of carbonyl (C=O) groups excluding carboxylic acids is 3. The maximum Gasteiger partial charge on any atom is 0.276 e. The predicted molar refractivity (Wildman–Crippen MR) is 536 cm³/mol. The van der Waals surface area contributed by atoms with Crippen molar-refractivity contribution in [3.63, 3.8) is 0 Å². The Bertz CT molecular complexity index is 6780. The highest BCUT2D eigenvalue weighted by molar-refractivity contribution is 6.46. The number of piperazine rings is 3. The van der Waals surface area contributed by atoms with Gasteiger partial charge in [-0.15, -0.1) is 0 Å². The molecule has 3 fully saturated rings. The summed E-state index contributed by atoms with van der Waals surface area (Å²) in [5.41, 5.74) is 17.9. The summed E-state index contributed by atoms with van der Waals surface area (Å²) in [6.45, 7) is 35.6. The van der Waals surface area contributed by atoms with Crippen LogP contribution in [0.3, 0.4) is 0 Å². The zero-order valence-electron chi connectivity index (χ0n) is 75.8. The lowest BCUT2D eigenvalue weighted by molar-refractivity contribution is -0.129. The number of nitrogens with two attached hydrogens (primary N) is 3. The molecule has 0 radical (unpaired) electrons. The van der Waals surface area contributed by atoms with E-state index in [0.717, 1.165) is 0 Å². The molecule has 138 heavy (non-hydrogen) atoms. The number of rotatable bonds is 15. The highest BCUT2D eigenvalue weighted by Gasteiger charge is 2.40. The van der Waals surface area contributed by atoms with Crippen LogP contribution in [-0.2, 0) is 14.4 Å². The summed E-state index contributed by atoms with van der Waals surface area (Å²) in [4.78, 5) is 119. The summed E-state index contributed by atoms with van der Waals surface area (Å²) < 4.78 is 79.7. The number of nitrogen functional groups attached to an aromatic ring is 3. The van der Waals surface area contributed by atoms with Crippen LogP contribution in [0.4, 0.5) is 56.1 Å². The van der Waals surface area contributed by atoms with Gasteiger partial charge in [0.2, 0.25) is 17.7 Å². The molecule has 9 aromatic heterocycles. The van der Waals surface area contributed by atoms with Crippen LogP contribution in [0.15, 0.2) is 107 Å². The minimum absolute atomic E-state index is 0.00623. The third kappa shape index (κ3) is 18.1. The second kappa shape index (κ2) is 41.0. The van der Waals surface area contributed by atoms with Crippen LogP contribution in [0, 0.1) is 83.9 Å². The first-order chi connectivity index (χ1) is 65.2. The number of anilines is 6. The van der Waals surface area contributed by atoms with E-state index in [1.165, 1.54) is 50.1 Å². The Balaban J connectivity index is 0.000000175. The van der Waals surface area contributed by atoms with Crippen LogP contribution in [-0.4, -0.2) is 153 Å². The summed E-state index contributed by atoms with van der Waals surface area (Å²) in [6.07, 6.45) is 8.56. The van der Waals surface area contributed by atoms with Crippen molar-refractivity contribution in [3.8, 4) is 69.0 Å². The molecule has 3 atom stereocenters. The van der Waals surface area contributed by atoms with Crippen molar-refractivity contribution in [3.05, 3.63) is 254 Å². The van der Waals surface area contributed by atoms with Gasteiger partial charge in [0.25, 0.3) is 16.7 Å². The summed E-state index contributed by atoms with van der Waals surface area (Å²) >= 11 is 63.9. The van der Waals surface area contributed by atoms with Gasteiger partial charge in [0, 0.05) is 117 Å². The van der Waals surface area contributed by atoms with Crippen LogP contribution < -0.4 is 48.6 Å². The van der Waals surface area contributed by atoms with Crippen molar-refractivity contribution in [2.45, 2.75) is 119 Å². The van der Waals surface area contributed by atoms with Crippen molar-refractivity contribution in [2.24, 2.45) is 0 Å². The zero-order chi connectivity index (χ0) is 101. The van der Waals surface area contributed by atoms with Gasteiger partial charge < -0.3 is 46.6 Å². The molecule has 12 aromatic rings. The van der Waals surface area contributed by atoms with Gasteiger partial charge in [-0.05, 0) is 131 Å².